The Hall–Kier alpha value is -1.000. The zero-order valence-electron chi connectivity index (χ0n) is 20.8. The Morgan fingerprint density at radius 2 is 1.97 bits per heavy atom. The number of thioether (sulfide) groups is 2. The van der Waals surface area contributed by atoms with Crippen molar-refractivity contribution in [3.63, 3.8) is 0 Å². The summed E-state index contributed by atoms with van der Waals surface area (Å²) in [6.45, 7) is 7.52. The van der Waals surface area contributed by atoms with Gasteiger partial charge in [-0.1, -0.05) is 73.3 Å². The first kappa shape index (κ1) is 29.6. The molecule has 0 spiro atoms. The van der Waals surface area contributed by atoms with Gasteiger partial charge in [0.25, 0.3) is 5.91 Å². The molecule has 0 radical (unpaired) electrons. The molecule has 0 saturated carbocycles. The van der Waals surface area contributed by atoms with E-state index in [9.17, 15) is 14.7 Å². The summed E-state index contributed by atoms with van der Waals surface area (Å²) in [4.78, 5) is 28.8. The normalized spacial score (nSPS) is 22.3. The molecule has 0 atom stereocenters. The number of carboxylic acid groups (broad SMARTS) is 1. The van der Waals surface area contributed by atoms with Crippen LogP contribution in [0.1, 0.15) is 40.0 Å². The molecule has 10 heteroatoms. The number of fused-ring (bicyclic) bond motifs is 1. The van der Waals surface area contributed by atoms with E-state index in [0.717, 1.165) is 35.7 Å². The summed E-state index contributed by atoms with van der Waals surface area (Å²) in [6, 6.07) is 6.01. The van der Waals surface area contributed by atoms with Crippen LogP contribution in [-0.2, 0) is 9.59 Å². The number of benzene rings is 1. The number of nitrogens with zero attached hydrogens (tertiary/aromatic N) is 2. The number of aliphatic carboxylic acids is 1. The van der Waals surface area contributed by atoms with E-state index in [1.165, 1.54) is 32.2 Å². The van der Waals surface area contributed by atoms with Crippen molar-refractivity contribution in [3.05, 3.63) is 68.6 Å². The van der Waals surface area contributed by atoms with Crippen molar-refractivity contribution >= 4 is 69.2 Å². The van der Waals surface area contributed by atoms with Crippen molar-refractivity contribution in [1.29, 1.82) is 0 Å². The van der Waals surface area contributed by atoms with Crippen molar-refractivity contribution in [2.24, 2.45) is 5.41 Å². The molecule has 2 aliphatic heterocycles. The Morgan fingerprint density at radius 1 is 1.22 bits per heavy atom. The molecule has 0 aromatic heterocycles. The first-order valence-electron chi connectivity index (χ1n) is 11.4. The number of anilines is 1. The van der Waals surface area contributed by atoms with E-state index >= 15 is 0 Å². The smallest absolute Gasteiger partial charge is 0.550 e. The van der Waals surface area contributed by atoms with E-state index in [-0.39, 0.29) is 53.8 Å². The predicted molar refractivity (Wildman–Crippen MR) is 147 cm³/mol. The van der Waals surface area contributed by atoms with Gasteiger partial charge >= 0.3 is 29.6 Å². The number of carbonyl (C=O) groups excluding carboxylic acids is 2. The summed E-state index contributed by atoms with van der Waals surface area (Å²) >= 11 is 14.5. The molecule has 0 N–H and O–H groups in total. The molecule has 1 saturated heterocycles. The standard InChI is InChI=1S/C26H27ClN2O3S3.Na/c1-4-28-19-13-18(27)6-8-20(19)34-22(28)12-17-11-16(14-26(2,3)15-17)5-7-21-24(32)29(25(33)35-21)10-9-23(30)31;/h5-8,11-13H,4,9-10,14-15H2,1-3H3,(H,30,31);/q;+1/p-1. The number of carboxylic acids is 1. The summed E-state index contributed by atoms with van der Waals surface area (Å²) < 4.78 is 0.378. The van der Waals surface area contributed by atoms with Gasteiger partial charge in [-0.05, 0) is 66.7 Å². The maximum Gasteiger partial charge on any atom is 1.00 e. The average Bonchev–Trinajstić information content (AvgIpc) is 3.24. The van der Waals surface area contributed by atoms with Gasteiger partial charge in [-0.2, -0.15) is 0 Å². The van der Waals surface area contributed by atoms with Crippen LogP contribution in [0.5, 0.6) is 0 Å². The third kappa shape index (κ3) is 6.90. The van der Waals surface area contributed by atoms with Gasteiger partial charge in [-0.25, -0.2) is 0 Å². The van der Waals surface area contributed by atoms with E-state index in [2.05, 4.69) is 43.9 Å². The van der Waals surface area contributed by atoms with E-state index in [1.54, 1.807) is 17.8 Å². The predicted octanol–water partition coefficient (Wildman–Crippen LogP) is 2.67. The molecular weight excluding hydrogens is 543 g/mol. The molecule has 1 aromatic carbocycles. The fraction of sp³-hybridized carbons (Fsp3) is 0.346. The van der Waals surface area contributed by atoms with Crippen LogP contribution in [-0.4, -0.2) is 34.2 Å². The van der Waals surface area contributed by atoms with Crippen LogP contribution in [0.3, 0.4) is 0 Å². The molecule has 2 heterocycles. The maximum atomic E-state index is 12.7. The molecule has 1 aromatic rings. The Morgan fingerprint density at radius 3 is 2.67 bits per heavy atom. The second-order valence-corrected chi connectivity index (χ2v) is 12.6. The minimum absolute atomic E-state index is 0. The van der Waals surface area contributed by atoms with Crippen LogP contribution in [0.15, 0.2) is 68.5 Å². The zero-order chi connectivity index (χ0) is 25.3. The second-order valence-electron chi connectivity index (χ2n) is 9.40. The number of carbonyl (C=O) groups is 2. The minimum atomic E-state index is -1.20. The summed E-state index contributed by atoms with van der Waals surface area (Å²) in [6.07, 6.45) is 9.86. The molecule has 4 rings (SSSR count). The van der Waals surface area contributed by atoms with Crippen LogP contribution in [0.4, 0.5) is 5.69 Å². The largest absolute Gasteiger partial charge is 1.00 e. The van der Waals surface area contributed by atoms with Gasteiger partial charge in [-0.15, -0.1) is 0 Å². The van der Waals surface area contributed by atoms with Gasteiger partial charge in [0.15, 0.2) is 0 Å². The first-order chi connectivity index (χ1) is 16.6. The Balaban J connectivity index is 0.00000361. The van der Waals surface area contributed by atoms with Gasteiger partial charge in [0.2, 0.25) is 0 Å². The molecule has 1 fully saturated rings. The van der Waals surface area contributed by atoms with Crippen LogP contribution < -0.4 is 39.6 Å². The van der Waals surface area contributed by atoms with E-state index < -0.39 is 5.97 Å². The molecule has 184 valence electrons. The third-order valence-electron chi connectivity index (χ3n) is 5.92. The van der Waals surface area contributed by atoms with Crippen LogP contribution >= 0.6 is 47.3 Å². The van der Waals surface area contributed by atoms with Crippen LogP contribution in [0.25, 0.3) is 0 Å². The molecule has 1 amide bonds. The van der Waals surface area contributed by atoms with E-state index in [4.69, 9.17) is 23.8 Å². The zero-order valence-corrected chi connectivity index (χ0v) is 26.0. The van der Waals surface area contributed by atoms with Crippen LogP contribution in [0.2, 0.25) is 5.02 Å². The molecular formula is C26H26ClN2NaO3S3. The molecule has 36 heavy (non-hydrogen) atoms. The van der Waals surface area contributed by atoms with Crippen molar-refractivity contribution in [1.82, 2.24) is 4.90 Å². The first-order valence-corrected chi connectivity index (χ1v) is 13.8. The summed E-state index contributed by atoms with van der Waals surface area (Å²) in [7, 11) is 0. The van der Waals surface area contributed by atoms with Crippen LogP contribution in [0, 0.1) is 5.41 Å². The van der Waals surface area contributed by atoms with Gasteiger partial charge in [0.1, 0.15) is 4.32 Å². The number of amides is 1. The Bertz CT molecular complexity index is 1220. The number of hydrogen-bond acceptors (Lipinski definition) is 7. The third-order valence-corrected chi connectivity index (χ3v) is 8.66. The fourth-order valence-electron chi connectivity index (χ4n) is 4.47. The van der Waals surface area contributed by atoms with Crippen molar-refractivity contribution in [2.45, 2.75) is 44.9 Å². The quantitative estimate of drug-likeness (QED) is 0.297. The molecule has 5 nitrogen and oxygen atoms in total. The number of hydrogen-bond donors (Lipinski definition) is 0. The van der Waals surface area contributed by atoms with E-state index in [0.29, 0.717) is 9.23 Å². The van der Waals surface area contributed by atoms with Crippen molar-refractivity contribution < 1.29 is 44.3 Å². The van der Waals surface area contributed by atoms with Gasteiger partial charge in [0, 0.05) is 35.4 Å². The van der Waals surface area contributed by atoms with Gasteiger partial charge in [0.05, 0.1) is 15.6 Å². The maximum absolute atomic E-state index is 12.7. The summed E-state index contributed by atoms with van der Waals surface area (Å²) in [5, 5.41) is 12.7. The topological polar surface area (TPSA) is 63.7 Å². The summed E-state index contributed by atoms with van der Waals surface area (Å²) in [5.41, 5.74) is 3.59. The minimum Gasteiger partial charge on any atom is -0.550 e. The van der Waals surface area contributed by atoms with Gasteiger partial charge in [-0.3, -0.25) is 9.69 Å². The Kier molecular flexibility index (Phi) is 10.0. The molecule has 3 aliphatic rings. The SMILES string of the molecule is CCN1C(=CC2=CC(=CC=C3SC(=S)N(CCC(=O)[O-])C3=O)CC(C)(C)C2)Sc2ccc(Cl)cc21.[Na+]. The fourth-order valence-corrected chi connectivity index (χ4v) is 7.07. The molecule has 1 aliphatic carbocycles. The van der Waals surface area contributed by atoms with Crippen molar-refractivity contribution in [3.8, 4) is 0 Å². The second kappa shape index (κ2) is 12.2. The summed E-state index contributed by atoms with van der Waals surface area (Å²) in [5.74, 6) is -1.45. The number of rotatable bonds is 6. The number of halogens is 1. The monoisotopic (exact) mass is 568 g/mol. The average molecular weight is 569 g/mol. The van der Waals surface area contributed by atoms with Gasteiger partial charge < -0.3 is 14.8 Å². The molecule has 0 unspecified atom stereocenters. The number of allylic oxidation sites excluding steroid dienone is 6. The molecule has 0 bridgehead atoms. The van der Waals surface area contributed by atoms with E-state index in [1.807, 2.05) is 18.2 Å². The van der Waals surface area contributed by atoms with Crippen molar-refractivity contribution in [2.75, 3.05) is 18.0 Å². The number of thiocarbonyl (C=S) groups is 1. The Labute approximate surface area is 253 Å².